The Morgan fingerprint density at radius 2 is 0.931 bits per heavy atom. The van der Waals surface area contributed by atoms with Gasteiger partial charge in [0.2, 0.25) is 0 Å². The number of rotatable bonds is 19. The Morgan fingerprint density at radius 3 is 1.21 bits per heavy atom. The van der Waals surface area contributed by atoms with E-state index < -0.39 is 5.09 Å². The summed E-state index contributed by atoms with van der Waals surface area (Å²) in [5, 5.41) is 23.8. The van der Waals surface area contributed by atoms with Gasteiger partial charge in [0, 0.05) is 29.6 Å². The molecule has 0 aromatic heterocycles. The molecule has 0 amide bonds. The van der Waals surface area contributed by atoms with Gasteiger partial charge in [0.05, 0.1) is 32.3 Å². The molecule has 171 valence electrons. The number of unbranched alkanes of at least 4 members (excludes halogenated alkanes) is 15. The second kappa shape index (κ2) is 26.2. The molecule has 0 spiro atoms. The molecular formula is C22H48N2NaO4. The van der Waals surface area contributed by atoms with Crippen molar-refractivity contribution >= 4 is 29.6 Å². The summed E-state index contributed by atoms with van der Waals surface area (Å²) in [4.78, 5) is 8.25. The molecule has 0 aliphatic carbocycles. The van der Waals surface area contributed by atoms with E-state index in [-0.39, 0.29) is 29.6 Å². The van der Waals surface area contributed by atoms with Gasteiger partial charge < -0.3 is 24.9 Å². The Bertz CT molecular complexity index is 328. The number of aliphatic hydroxyl groups is 1. The number of quaternary nitrogens is 1. The molecule has 7 heteroatoms. The van der Waals surface area contributed by atoms with Crippen LogP contribution in [0.3, 0.4) is 0 Å². The van der Waals surface area contributed by atoms with E-state index in [1.165, 1.54) is 109 Å². The first-order chi connectivity index (χ1) is 13.4. The van der Waals surface area contributed by atoms with E-state index in [1.54, 1.807) is 0 Å². The summed E-state index contributed by atoms with van der Waals surface area (Å²) >= 11 is 0. The minimum atomic E-state index is -1.75. The van der Waals surface area contributed by atoms with Crippen molar-refractivity contribution < 1.29 is 14.7 Å². The van der Waals surface area contributed by atoms with Crippen LogP contribution in [0, 0.1) is 15.3 Å². The Kier molecular flexibility index (Phi) is 30.4. The molecule has 1 radical (unpaired) electrons. The van der Waals surface area contributed by atoms with Crippen molar-refractivity contribution in [3.8, 4) is 0 Å². The first-order valence-electron chi connectivity index (χ1n) is 11.6. The second-order valence-corrected chi connectivity index (χ2v) is 8.63. The third kappa shape index (κ3) is 35.9. The predicted octanol–water partition coefficient (Wildman–Crippen LogP) is 5.70. The van der Waals surface area contributed by atoms with Gasteiger partial charge in [-0.15, -0.1) is 0 Å². The molecule has 6 nitrogen and oxygen atoms in total. The zero-order valence-electron chi connectivity index (χ0n) is 20.0. The number of hydrogen-bond donors (Lipinski definition) is 1. The smallest absolute Gasteiger partial charge is 0.102 e. The van der Waals surface area contributed by atoms with Gasteiger partial charge in [-0.1, -0.05) is 96.8 Å². The molecule has 0 bridgehead atoms. The molecule has 0 saturated heterocycles. The maximum Gasteiger partial charge on any atom is 0.102 e. The van der Waals surface area contributed by atoms with Crippen molar-refractivity contribution in [2.45, 2.75) is 110 Å². The van der Waals surface area contributed by atoms with Gasteiger partial charge in [0.25, 0.3) is 0 Å². The molecule has 0 aliphatic heterocycles. The first kappa shape index (κ1) is 33.8. The van der Waals surface area contributed by atoms with Gasteiger partial charge in [-0.05, 0) is 12.8 Å². The molecule has 0 atom stereocenters. The van der Waals surface area contributed by atoms with Crippen molar-refractivity contribution in [2.75, 3.05) is 33.8 Å². The topological polar surface area (TPSA) is 86.4 Å². The van der Waals surface area contributed by atoms with Crippen molar-refractivity contribution in [2.24, 2.45) is 0 Å². The molecular weight excluding hydrogens is 379 g/mol. The molecule has 1 N–H and O–H groups in total. The fraction of sp³-hybridized carbons (Fsp3) is 1.00. The van der Waals surface area contributed by atoms with Crippen molar-refractivity contribution in [3.05, 3.63) is 15.3 Å². The average Bonchev–Trinajstić information content (AvgIpc) is 2.61. The van der Waals surface area contributed by atoms with Crippen LogP contribution < -0.4 is 0 Å². The van der Waals surface area contributed by atoms with Crippen LogP contribution in [-0.2, 0) is 0 Å². The third-order valence-electron chi connectivity index (χ3n) is 5.32. The molecule has 0 aliphatic rings. The van der Waals surface area contributed by atoms with Crippen LogP contribution in [0.1, 0.15) is 110 Å². The van der Waals surface area contributed by atoms with E-state index in [1.807, 2.05) is 0 Å². The summed E-state index contributed by atoms with van der Waals surface area (Å²) in [5.74, 6) is 0. The van der Waals surface area contributed by atoms with Crippen LogP contribution in [0.2, 0.25) is 0 Å². The van der Waals surface area contributed by atoms with E-state index in [0.717, 1.165) is 11.0 Å². The molecule has 0 aromatic carbocycles. The fourth-order valence-electron chi connectivity index (χ4n) is 3.47. The Morgan fingerprint density at radius 1 is 0.655 bits per heavy atom. The van der Waals surface area contributed by atoms with Gasteiger partial charge >= 0.3 is 0 Å². The minimum absolute atomic E-state index is 0. The maximum atomic E-state index is 9.02. The minimum Gasteiger partial charge on any atom is -0.391 e. The molecule has 0 unspecified atom stereocenters. The van der Waals surface area contributed by atoms with Crippen molar-refractivity contribution in [1.29, 1.82) is 0 Å². The van der Waals surface area contributed by atoms with Crippen LogP contribution in [0.5, 0.6) is 0 Å². The van der Waals surface area contributed by atoms with E-state index in [9.17, 15) is 0 Å². The normalized spacial score (nSPS) is 10.8. The summed E-state index contributed by atoms with van der Waals surface area (Å²) in [7, 11) is 4.45. The zero-order chi connectivity index (χ0) is 21.5. The Hall–Kier alpha value is 0.120. The van der Waals surface area contributed by atoms with E-state index in [0.29, 0.717) is 6.61 Å². The zero-order valence-corrected chi connectivity index (χ0v) is 22.0. The number of hydrogen-bond acceptors (Lipinski definition) is 4. The summed E-state index contributed by atoms with van der Waals surface area (Å²) in [6.07, 6.45) is 22.9. The molecule has 0 rings (SSSR count). The largest absolute Gasteiger partial charge is 0.391 e. The monoisotopic (exact) mass is 427 g/mol. The van der Waals surface area contributed by atoms with Gasteiger partial charge in [0.15, 0.2) is 0 Å². The van der Waals surface area contributed by atoms with Crippen LogP contribution in [-0.4, -0.2) is 78.0 Å². The van der Waals surface area contributed by atoms with E-state index in [2.05, 4.69) is 21.0 Å². The van der Waals surface area contributed by atoms with Crippen molar-refractivity contribution in [3.63, 3.8) is 0 Å². The summed E-state index contributed by atoms with van der Waals surface area (Å²) < 4.78 is 0.967. The summed E-state index contributed by atoms with van der Waals surface area (Å²) in [6.45, 7) is 4.70. The quantitative estimate of drug-likeness (QED) is 0.0942. The first-order valence-corrected chi connectivity index (χ1v) is 11.6. The fourth-order valence-corrected chi connectivity index (χ4v) is 3.47. The number of nitrogens with zero attached hydrogens (tertiary/aromatic N) is 2. The van der Waals surface area contributed by atoms with Crippen molar-refractivity contribution in [1.82, 2.24) is 0 Å². The summed E-state index contributed by atoms with van der Waals surface area (Å²) in [5.41, 5.74) is 0. The molecule has 29 heavy (non-hydrogen) atoms. The molecule has 0 heterocycles. The van der Waals surface area contributed by atoms with Gasteiger partial charge in [-0.2, -0.15) is 0 Å². The number of likely N-dealkylation sites (N-methyl/N-ethyl adjacent to an activating group) is 1. The van der Waals surface area contributed by atoms with Crippen LogP contribution in [0.25, 0.3) is 0 Å². The predicted molar refractivity (Wildman–Crippen MR) is 125 cm³/mol. The average molecular weight is 428 g/mol. The van der Waals surface area contributed by atoms with Gasteiger partial charge in [-0.25, -0.2) is 0 Å². The summed E-state index contributed by atoms with van der Waals surface area (Å²) in [6, 6.07) is 0. The van der Waals surface area contributed by atoms with Crippen LogP contribution in [0.15, 0.2) is 0 Å². The molecule has 0 saturated carbocycles. The third-order valence-corrected chi connectivity index (χ3v) is 5.32. The SMILES string of the molecule is CCCCCCCCCCCCCCCCCC[N+](C)(C)CCO.O=[N+]([O-])[O-].[Na]. The van der Waals surface area contributed by atoms with Crippen LogP contribution >= 0.6 is 0 Å². The standard InChI is InChI=1S/C22H48NO.NO3.Na/c1-4-5-6-7-8-9-10-11-12-13-14-15-16-17-18-19-20-23(2,3)21-22-24;2-1(3)4;/h24H,4-22H2,1-3H3;;/q+1;-1;. The second-order valence-electron chi connectivity index (χ2n) is 8.63. The Balaban J connectivity index is -0.00000123. The molecule has 0 fully saturated rings. The maximum absolute atomic E-state index is 9.02. The van der Waals surface area contributed by atoms with E-state index in [4.69, 9.17) is 20.4 Å². The van der Waals surface area contributed by atoms with Gasteiger partial charge in [-0.3, -0.25) is 0 Å². The van der Waals surface area contributed by atoms with E-state index >= 15 is 0 Å². The Labute approximate surface area is 202 Å². The van der Waals surface area contributed by atoms with Gasteiger partial charge in [0.1, 0.15) is 6.54 Å². The molecule has 0 aromatic rings. The van der Waals surface area contributed by atoms with Crippen LogP contribution in [0.4, 0.5) is 0 Å². The number of aliphatic hydroxyl groups excluding tert-OH is 1.